The molecule has 1 amide bonds. The predicted octanol–water partition coefficient (Wildman–Crippen LogP) is 4.73. The Morgan fingerprint density at radius 2 is 1.92 bits per heavy atom. The maximum atomic E-state index is 14.0. The topological polar surface area (TPSA) is 84.9 Å². The molecule has 2 rings (SSSR count). The molecule has 0 spiro atoms. The van der Waals surface area contributed by atoms with Gasteiger partial charge in [0, 0.05) is 6.07 Å². The van der Waals surface area contributed by atoms with Gasteiger partial charge in [0.1, 0.15) is 11.6 Å². The van der Waals surface area contributed by atoms with E-state index >= 15 is 0 Å². The molecule has 1 fully saturated rings. The molecule has 1 aliphatic carbocycles. The van der Waals surface area contributed by atoms with Crippen molar-refractivity contribution in [3.8, 4) is 5.75 Å². The molecule has 1 aromatic rings. The second-order valence-corrected chi connectivity index (χ2v) is 6.34. The number of benzene rings is 1. The average Bonchev–Trinajstić information content (AvgIpc) is 3.02. The number of carboxylic acids is 1. The summed E-state index contributed by atoms with van der Waals surface area (Å²) in [7, 11) is 0. The van der Waals surface area contributed by atoms with Crippen LogP contribution >= 0.6 is 11.6 Å². The molecule has 0 unspecified atom stereocenters. The van der Waals surface area contributed by atoms with Crippen LogP contribution in [-0.2, 0) is 9.53 Å². The number of rotatable bonds is 5. The molecule has 0 atom stereocenters. The molecular weight excluding hydrogens is 353 g/mol. The van der Waals surface area contributed by atoms with E-state index in [-0.39, 0.29) is 22.6 Å². The highest BCUT2D eigenvalue weighted by Crippen LogP contribution is 2.34. The minimum Gasteiger partial charge on any atom is -0.489 e. The smallest absolute Gasteiger partial charge is 0.417 e. The molecule has 8 heteroatoms. The van der Waals surface area contributed by atoms with Gasteiger partial charge in [0.2, 0.25) is 5.76 Å². The van der Waals surface area contributed by atoms with Crippen molar-refractivity contribution in [2.45, 2.75) is 45.6 Å². The fraction of sp³-hybridized carbons (Fsp3) is 0.412. The van der Waals surface area contributed by atoms with E-state index < -0.39 is 23.6 Å². The molecule has 1 saturated carbocycles. The van der Waals surface area contributed by atoms with Gasteiger partial charge < -0.3 is 14.6 Å². The van der Waals surface area contributed by atoms with Crippen LogP contribution in [0.3, 0.4) is 0 Å². The Morgan fingerprint density at radius 3 is 2.48 bits per heavy atom. The summed E-state index contributed by atoms with van der Waals surface area (Å²) in [6, 6.07) is 2.29. The van der Waals surface area contributed by atoms with Crippen LogP contribution in [-0.4, -0.2) is 23.3 Å². The third-order valence-electron chi connectivity index (χ3n) is 3.70. The Labute approximate surface area is 149 Å². The Morgan fingerprint density at radius 1 is 1.28 bits per heavy atom. The van der Waals surface area contributed by atoms with Crippen LogP contribution in [0.25, 0.3) is 0 Å². The van der Waals surface area contributed by atoms with Crippen molar-refractivity contribution in [3.05, 3.63) is 34.3 Å². The Hall–Kier alpha value is -2.28. The number of nitrogens with one attached hydrogen (secondary N) is 1. The standard InChI is InChI=1S/C17H19ClFNO5/c1-9(2)15(16(21)22)25-17(23)20-13-8-14(11(18)7-12(13)19)24-10-5-3-4-6-10/h7-8,10H,3-6H2,1-2H3,(H,20,23)(H,21,22). The molecule has 1 aliphatic rings. The molecule has 0 bridgehead atoms. The van der Waals surface area contributed by atoms with Crippen LogP contribution in [0.15, 0.2) is 23.5 Å². The van der Waals surface area contributed by atoms with Crippen molar-refractivity contribution in [2.75, 3.05) is 5.32 Å². The highest BCUT2D eigenvalue weighted by molar-refractivity contribution is 6.32. The van der Waals surface area contributed by atoms with Crippen molar-refractivity contribution < 1.29 is 28.6 Å². The number of carbonyl (C=O) groups is 2. The summed E-state index contributed by atoms with van der Waals surface area (Å²) < 4.78 is 24.5. The van der Waals surface area contributed by atoms with Gasteiger partial charge in [-0.3, -0.25) is 5.32 Å². The van der Waals surface area contributed by atoms with E-state index in [0.29, 0.717) is 5.57 Å². The van der Waals surface area contributed by atoms with E-state index in [9.17, 15) is 14.0 Å². The molecular formula is C17H19ClFNO5. The van der Waals surface area contributed by atoms with Crippen molar-refractivity contribution in [2.24, 2.45) is 0 Å². The minimum atomic E-state index is -1.39. The molecule has 0 aliphatic heterocycles. The third kappa shape index (κ3) is 5.09. The van der Waals surface area contributed by atoms with Gasteiger partial charge in [-0.2, -0.15) is 0 Å². The van der Waals surface area contributed by atoms with Crippen LogP contribution in [0, 0.1) is 5.82 Å². The number of allylic oxidation sites excluding steroid dienone is 1. The molecule has 0 saturated heterocycles. The predicted molar refractivity (Wildman–Crippen MR) is 90.4 cm³/mol. The van der Waals surface area contributed by atoms with Gasteiger partial charge in [-0.25, -0.2) is 14.0 Å². The minimum absolute atomic E-state index is 0.00653. The lowest BCUT2D eigenvalue weighted by atomic mass is 10.2. The largest absolute Gasteiger partial charge is 0.489 e. The van der Waals surface area contributed by atoms with Crippen LogP contribution in [0.1, 0.15) is 39.5 Å². The number of anilines is 1. The van der Waals surface area contributed by atoms with Gasteiger partial charge >= 0.3 is 12.1 Å². The summed E-state index contributed by atoms with van der Waals surface area (Å²) in [6.45, 7) is 2.96. The lowest BCUT2D eigenvalue weighted by molar-refractivity contribution is -0.135. The second-order valence-electron chi connectivity index (χ2n) is 5.94. The fourth-order valence-corrected chi connectivity index (χ4v) is 2.68. The quantitative estimate of drug-likeness (QED) is 0.577. The summed E-state index contributed by atoms with van der Waals surface area (Å²) in [5, 5.41) is 11.2. The molecule has 6 nitrogen and oxygen atoms in total. The number of hydrogen-bond acceptors (Lipinski definition) is 4. The van der Waals surface area contributed by atoms with Crippen molar-refractivity contribution in [3.63, 3.8) is 0 Å². The SMILES string of the molecule is CC(C)=C(OC(=O)Nc1cc(OC2CCCC2)c(Cl)cc1F)C(=O)O. The zero-order valence-corrected chi connectivity index (χ0v) is 14.7. The Kier molecular flexibility index (Phi) is 6.25. The number of hydrogen-bond donors (Lipinski definition) is 2. The van der Waals surface area contributed by atoms with Crippen molar-refractivity contribution >= 4 is 29.4 Å². The molecule has 1 aromatic carbocycles. The first-order valence-corrected chi connectivity index (χ1v) is 8.21. The van der Waals surface area contributed by atoms with E-state index in [1.807, 2.05) is 0 Å². The van der Waals surface area contributed by atoms with Crippen LogP contribution < -0.4 is 10.1 Å². The Balaban J connectivity index is 2.14. The van der Waals surface area contributed by atoms with Crippen LogP contribution in [0.4, 0.5) is 14.9 Å². The fourth-order valence-electron chi connectivity index (χ4n) is 2.49. The first kappa shape index (κ1) is 19.1. The summed E-state index contributed by atoms with van der Waals surface area (Å²) in [5.41, 5.74) is 0.0883. The van der Waals surface area contributed by atoms with Gasteiger partial charge in [0.15, 0.2) is 0 Å². The normalized spacial score (nSPS) is 14.1. The van der Waals surface area contributed by atoms with E-state index in [1.165, 1.54) is 19.9 Å². The molecule has 0 aromatic heterocycles. The average molecular weight is 372 g/mol. The lowest BCUT2D eigenvalue weighted by Crippen LogP contribution is -2.19. The zero-order valence-electron chi connectivity index (χ0n) is 13.9. The van der Waals surface area contributed by atoms with E-state index in [0.717, 1.165) is 31.7 Å². The highest BCUT2D eigenvalue weighted by Gasteiger charge is 2.21. The van der Waals surface area contributed by atoms with Gasteiger partial charge in [-0.05, 0) is 51.2 Å². The maximum Gasteiger partial charge on any atom is 0.417 e. The van der Waals surface area contributed by atoms with E-state index in [1.54, 1.807) is 0 Å². The van der Waals surface area contributed by atoms with Gasteiger partial charge in [0.25, 0.3) is 0 Å². The van der Waals surface area contributed by atoms with Crippen LogP contribution in [0.2, 0.25) is 5.02 Å². The number of halogens is 2. The summed E-state index contributed by atoms with van der Waals surface area (Å²) in [6.07, 6.45) is 2.78. The monoisotopic (exact) mass is 371 g/mol. The molecule has 136 valence electrons. The first-order valence-electron chi connectivity index (χ1n) is 7.83. The van der Waals surface area contributed by atoms with Crippen molar-refractivity contribution in [1.82, 2.24) is 0 Å². The number of carboxylic acid groups (broad SMARTS) is 1. The summed E-state index contributed by atoms with van der Waals surface area (Å²) >= 11 is 5.99. The van der Waals surface area contributed by atoms with Gasteiger partial charge in [-0.1, -0.05) is 11.6 Å². The first-order chi connectivity index (χ1) is 11.8. The zero-order chi connectivity index (χ0) is 18.6. The molecule has 0 radical (unpaired) electrons. The molecule has 25 heavy (non-hydrogen) atoms. The number of ether oxygens (including phenoxy) is 2. The highest BCUT2D eigenvalue weighted by atomic mass is 35.5. The molecule has 0 heterocycles. The van der Waals surface area contributed by atoms with Gasteiger partial charge in [-0.15, -0.1) is 0 Å². The third-order valence-corrected chi connectivity index (χ3v) is 3.99. The second kappa shape index (κ2) is 8.20. The summed E-state index contributed by atoms with van der Waals surface area (Å²) in [5.74, 6) is -2.44. The maximum absolute atomic E-state index is 14.0. The van der Waals surface area contributed by atoms with E-state index in [4.69, 9.17) is 26.2 Å². The van der Waals surface area contributed by atoms with Gasteiger partial charge in [0.05, 0.1) is 16.8 Å². The van der Waals surface area contributed by atoms with Crippen LogP contribution in [0.5, 0.6) is 5.75 Å². The Bertz CT molecular complexity index is 709. The number of carbonyl (C=O) groups excluding carboxylic acids is 1. The number of amides is 1. The number of aliphatic carboxylic acids is 1. The molecule has 2 N–H and O–H groups in total. The lowest BCUT2D eigenvalue weighted by Gasteiger charge is -2.16. The van der Waals surface area contributed by atoms with E-state index in [2.05, 4.69) is 5.32 Å². The summed E-state index contributed by atoms with van der Waals surface area (Å²) in [4.78, 5) is 22.9. The van der Waals surface area contributed by atoms with Crippen molar-refractivity contribution in [1.29, 1.82) is 0 Å².